The van der Waals surface area contributed by atoms with Gasteiger partial charge in [-0.25, -0.2) is 0 Å². The molecule has 5 aromatic rings. The van der Waals surface area contributed by atoms with Crippen LogP contribution in [-0.4, -0.2) is 38.1 Å². The topological polar surface area (TPSA) is 66.4 Å². The van der Waals surface area contributed by atoms with Crippen LogP contribution in [0.5, 0.6) is 34.5 Å². The van der Waals surface area contributed by atoms with Crippen molar-refractivity contribution in [1.82, 2.24) is 0 Å². The molecular weight excluding hydrogens is 721 g/mol. The van der Waals surface area contributed by atoms with E-state index in [1.54, 1.807) is 0 Å². The molecule has 0 heterocycles. The standard InChI is InChI=1S/C52H74O6/c1-6-11-16-21-29-54-46-28-26-27-39-51-43-34-45(53)47(55-30-22-17-12-7-2)35-41(43)40-36-48(56-31-23-18-13-8-3)49(57-32-24-19-14-9-4)37-42(40)44(51)38-50(52(39)46)58-33-25-20-15-10-5/h26-28,34-38,53H,6-25,29-33H2,1-5H3. The third-order valence-electron chi connectivity index (χ3n) is 11.4. The second kappa shape index (κ2) is 24.8. The van der Waals surface area contributed by atoms with Gasteiger partial charge in [-0.3, -0.25) is 0 Å². The number of phenols is 1. The second-order valence-corrected chi connectivity index (χ2v) is 16.2. The van der Waals surface area contributed by atoms with Crippen LogP contribution >= 0.6 is 0 Å². The van der Waals surface area contributed by atoms with Gasteiger partial charge >= 0.3 is 0 Å². The Morgan fingerprint density at radius 1 is 0.328 bits per heavy atom. The van der Waals surface area contributed by atoms with Crippen LogP contribution in [-0.2, 0) is 0 Å². The third kappa shape index (κ3) is 12.2. The third-order valence-corrected chi connectivity index (χ3v) is 11.4. The van der Waals surface area contributed by atoms with E-state index in [-0.39, 0.29) is 5.75 Å². The Labute approximate surface area is 349 Å². The van der Waals surface area contributed by atoms with Crippen molar-refractivity contribution in [3.05, 3.63) is 48.5 Å². The Morgan fingerprint density at radius 2 is 0.690 bits per heavy atom. The van der Waals surface area contributed by atoms with Crippen LogP contribution in [0, 0.1) is 0 Å². The number of ether oxygens (including phenoxy) is 5. The Balaban J connectivity index is 1.75. The quantitative estimate of drug-likeness (QED) is 0.0369. The summed E-state index contributed by atoms with van der Waals surface area (Å²) in [5, 5.41) is 19.8. The lowest BCUT2D eigenvalue weighted by atomic mass is 9.90. The molecule has 0 aliphatic carbocycles. The molecule has 318 valence electrons. The summed E-state index contributed by atoms with van der Waals surface area (Å²) >= 11 is 0. The fourth-order valence-corrected chi connectivity index (χ4v) is 8.05. The van der Waals surface area contributed by atoms with E-state index in [9.17, 15) is 5.11 Å². The van der Waals surface area contributed by atoms with Gasteiger partial charge in [-0.2, -0.15) is 0 Å². The van der Waals surface area contributed by atoms with Crippen molar-refractivity contribution in [2.75, 3.05) is 33.0 Å². The maximum atomic E-state index is 11.6. The molecule has 1 N–H and O–H groups in total. The van der Waals surface area contributed by atoms with Crippen molar-refractivity contribution < 1.29 is 28.8 Å². The van der Waals surface area contributed by atoms with Gasteiger partial charge in [-0.15, -0.1) is 0 Å². The van der Waals surface area contributed by atoms with Gasteiger partial charge in [-0.05, 0) is 106 Å². The van der Waals surface area contributed by atoms with Gasteiger partial charge in [0.05, 0.1) is 38.4 Å². The summed E-state index contributed by atoms with van der Waals surface area (Å²) in [6.45, 7) is 14.3. The summed E-state index contributed by atoms with van der Waals surface area (Å²) in [6, 6.07) is 16.9. The average molecular weight is 795 g/mol. The molecule has 0 saturated heterocycles. The Hall–Kier alpha value is -4.06. The normalized spacial score (nSPS) is 11.6. The molecule has 0 aliphatic rings. The first kappa shape index (κ1) is 45.0. The fraction of sp³-hybridized carbons (Fsp3) is 0.577. The molecule has 5 aromatic carbocycles. The van der Waals surface area contributed by atoms with E-state index in [1.165, 1.54) is 64.2 Å². The zero-order chi connectivity index (χ0) is 41.0. The molecule has 0 aliphatic heterocycles. The number of phenolic OH excluding ortho intramolecular Hbond substituents is 1. The molecule has 0 spiro atoms. The van der Waals surface area contributed by atoms with Crippen LogP contribution in [0.15, 0.2) is 48.5 Å². The number of fused-ring (bicyclic) bond motifs is 8. The highest BCUT2D eigenvalue weighted by Crippen LogP contribution is 2.49. The first-order valence-corrected chi connectivity index (χ1v) is 23.4. The van der Waals surface area contributed by atoms with E-state index < -0.39 is 0 Å². The van der Waals surface area contributed by atoms with E-state index >= 15 is 0 Å². The highest BCUT2D eigenvalue weighted by molar-refractivity contribution is 6.33. The number of hydrogen-bond donors (Lipinski definition) is 1. The van der Waals surface area contributed by atoms with E-state index in [4.69, 9.17) is 23.7 Å². The Kier molecular flexibility index (Phi) is 19.2. The van der Waals surface area contributed by atoms with Crippen LogP contribution < -0.4 is 23.7 Å². The summed E-state index contributed by atoms with van der Waals surface area (Å²) < 4.78 is 32.9. The number of aromatic hydroxyl groups is 1. The van der Waals surface area contributed by atoms with E-state index in [2.05, 4.69) is 71.0 Å². The van der Waals surface area contributed by atoms with Crippen molar-refractivity contribution in [1.29, 1.82) is 0 Å². The lowest BCUT2D eigenvalue weighted by Gasteiger charge is -2.21. The van der Waals surface area contributed by atoms with E-state index in [0.29, 0.717) is 38.8 Å². The van der Waals surface area contributed by atoms with E-state index in [0.717, 1.165) is 130 Å². The van der Waals surface area contributed by atoms with Gasteiger partial charge in [0.25, 0.3) is 0 Å². The Morgan fingerprint density at radius 3 is 1.16 bits per heavy atom. The molecule has 0 unspecified atom stereocenters. The molecule has 0 amide bonds. The van der Waals surface area contributed by atoms with Crippen LogP contribution in [0.2, 0.25) is 0 Å². The van der Waals surface area contributed by atoms with Crippen molar-refractivity contribution in [2.24, 2.45) is 0 Å². The van der Waals surface area contributed by atoms with Gasteiger partial charge in [0.15, 0.2) is 23.0 Å². The molecule has 0 fully saturated rings. The molecular formula is C52H74O6. The minimum Gasteiger partial charge on any atom is -0.504 e. The smallest absolute Gasteiger partial charge is 0.161 e. The van der Waals surface area contributed by atoms with Crippen molar-refractivity contribution >= 4 is 43.1 Å². The minimum atomic E-state index is 0.149. The number of benzene rings is 5. The van der Waals surface area contributed by atoms with Crippen molar-refractivity contribution in [3.8, 4) is 34.5 Å². The highest BCUT2D eigenvalue weighted by atomic mass is 16.5. The van der Waals surface area contributed by atoms with Gasteiger partial charge in [0.1, 0.15) is 11.5 Å². The zero-order valence-electron chi connectivity index (χ0n) is 36.8. The largest absolute Gasteiger partial charge is 0.504 e. The summed E-state index contributed by atoms with van der Waals surface area (Å²) in [5.41, 5.74) is 0. The molecule has 0 atom stereocenters. The monoisotopic (exact) mass is 795 g/mol. The molecule has 5 rings (SSSR count). The van der Waals surface area contributed by atoms with E-state index in [1.807, 2.05) is 12.1 Å². The van der Waals surface area contributed by atoms with Gasteiger partial charge in [-0.1, -0.05) is 143 Å². The second-order valence-electron chi connectivity index (χ2n) is 16.2. The molecule has 0 bridgehead atoms. The molecule has 58 heavy (non-hydrogen) atoms. The van der Waals surface area contributed by atoms with Crippen LogP contribution in [0.3, 0.4) is 0 Å². The Bertz CT molecular complexity index is 1980. The summed E-state index contributed by atoms with van der Waals surface area (Å²) in [7, 11) is 0. The molecule has 0 radical (unpaired) electrons. The summed E-state index contributed by atoms with van der Waals surface area (Å²) in [5.74, 6) is 3.87. The average Bonchev–Trinajstić information content (AvgIpc) is 3.23. The lowest BCUT2D eigenvalue weighted by Crippen LogP contribution is -2.04. The summed E-state index contributed by atoms with van der Waals surface area (Å²) in [6.07, 6.45) is 22.5. The molecule has 6 heteroatoms. The number of hydrogen-bond acceptors (Lipinski definition) is 6. The van der Waals surface area contributed by atoms with Gasteiger partial charge in [0.2, 0.25) is 0 Å². The predicted octanol–water partition coefficient (Wildman–Crippen LogP) is 15.8. The van der Waals surface area contributed by atoms with Crippen LogP contribution in [0.25, 0.3) is 43.1 Å². The first-order valence-electron chi connectivity index (χ1n) is 23.4. The maximum Gasteiger partial charge on any atom is 0.161 e. The zero-order valence-corrected chi connectivity index (χ0v) is 36.8. The first-order chi connectivity index (χ1) is 28.6. The number of unbranched alkanes of at least 4 members (excludes halogenated alkanes) is 15. The van der Waals surface area contributed by atoms with Crippen molar-refractivity contribution in [3.63, 3.8) is 0 Å². The van der Waals surface area contributed by atoms with Gasteiger partial charge < -0.3 is 28.8 Å². The lowest BCUT2D eigenvalue weighted by molar-refractivity contribution is 0.259. The molecule has 0 aromatic heterocycles. The van der Waals surface area contributed by atoms with Gasteiger partial charge in [0, 0.05) is 0 Å². The highest BCUT2D eigenvalue weighted by Gasteiger charge is 2.22. The SMILES string of the molecule is CCCCCCOc1cc2c3cc(OCCCCCC)c(OCCCCCC)cc3c3cc(OCCCCCC)c4c(OCCCCCC)cccc4c3c2cc1O. The van der Waals surface area contributed by atoms with Crippen molar-refractivity contribution in [2.45, 2.75) is 163 Å². The summed E-state index contributed by atoms with van der Waals surface area (Å²) in [4.78, 5) is 0. The number of rotatable bonds is 30. The van der Waals surface area contributed by atoms with Crippen LogP contribution in [0.4, 0.5) is 0 Å². The maximum absolute atomic E-state index is 11.6. The van der Waals surface area contributed by atoms with Crippen LogP contribution in [0.1, 0.15) is 163 Å². The molecule has 6 nitrogen and oxygen atoms in total. The predicted molar refractivity (Wildman–Crippen MR) is 246 cm³/mol. The molecule has 0 saturated carbocycles. The minimum absolute atomic E-state index is 0.149. The fourth-order valence-electron chi connectivity index (χ4n) is 8.05.